The third-order valence-electron chi connectivity index (χ3n) is 3.61. The second-order valence-electron chi connectivity index (χ2n) is 5.20. The number of pyridine rings is 1. The lowest BCUT2D eigenvalue weighted by molar-refractivity contribution is 0.0587. The fourth-order valence-electron chi connectivity index (χ4n) is 2.46. The van der Waals surface area contributed by atoms with Gasteiger partial charge in [-0.25, -0.2) is 9.48 Å². The van der Waals surface area contributed by atoms with Crippen LogP contribution in [0.15, 0.2) is 12.3 Å². The number of halogens is 1. The maximum Gasteiger partial charge on any atom is 0.357 e. The van der Waals surface area contributed by atoms with Gasteiger partial charge in [-0.05, 0) is 35.5 Å². The van der Waals surface area contributed by atoms with E-state index in [-0.39, 0.29) is 17.1 Å². The number of aromatic nitrogens is 6. The summed E-state index contributed by atoms with van der Waals surface area (Å²) < 4.78 is 31.0. The van der Waals surface area contributed by atoms with E-state index < -0.39 is 12.8 Å². The van der Waals surface area contributed by atoms with Crippen molar-refractivity contribution in [2.45, 2.75) is 6.85 Å². The minimum atomic E-state index is -2.43. The third-order valence-corrected chi connectivity index (χ3v) is 4.63. The number of hydrogen-bond donors (Lipinski definition) is 1. The Balaban J connectivity index is 2.12. The number of esters is 1. The van der Waals surface area contributed by atoms with Crippen molar-refractivity contribution < 1.29 is 13.6 Å². The quantitative estimate of drug-likeness (QED) is 0.470. The first-order valence-corrected chi connectivity index (χ1v) is 8.11. The first-order chi connectivity index (χ1) is 13.1. The molecule has 3 aromatic rings. The molecule has 0 fully saturated rings. The molecular formula is C15H16IN7O2. The molecule has 0 bridgehead atoms. The van der Waals surface area contributed by atoms with E-state index in [1.807, 2.05) is 22.6 Å². The van der Waals surface area contributed by atoms with Crippen molar-refractivity contribution in [3.05, 3.63) is 27.2 Å². The molecular weight excluding hydrogens is 437 g/mol. The summed E-state index contributed by atoms with van der Waals surface area (Å²) in [5.41, 5.74) is 8.14. The standard InChI is InChI=1S/C15H16IN7O2/c1-7-13(23(3)21-19-7)8-5-9(17)11(18-6-8)12-10(16)14(15(24)25-4)22(2)20-12/h5-6H,17H2,1-4H3/i1D3. The minimum Gasteiger partial charge on any atom is -0.464 e. The highest BCUT2D eigenvalue weighted by Crippen LogP contribution is 2.32. The second kappa shape index (κ2) is 6.43. The van der Waals surface area contributed by atoms with Gasteiger partial charge in [-0.15, -0.1) is 5.10 Å². The number of nitrogen functional groups attached to an aromatic ring is 1. The predicted molar refractivity (Wildman–Crippen MR) is 99.6 cm³/mol. The van der Waals surface area contributed by atoms with Crippen molar-refractivity contribution in [3.8, 4) is 22.6 Å². The van der Waals surface area contributed by atoms with Crippen molar-refractivity contribution in [1.82, 2.24) is 29.8 Å². The highest BCUT2D eigenvalue weighted by Gasteiger charge is 2.24. The average molecular weight is 456 g/mol. The van der Waals surface area contributed by atoms with Crippen LogP contribution in [0.5, 0.6) is 0 Å². The lowest BCUT2D eigenvalue weighted by atomic mass is 10.1. The molecule has 0 atom stereocenters. The highest BCUT2D eigenvalue weighted by molar-refractivity contribution is 14.1. The SMILES string of the molecule is [2H]C([2H])([2H])c1nnn(C)c1-c1cnc(-c2nn(C)c(C(=O)OC)c2I)c(N)c1. The zero-order valence-electron chi connectivity index (χ0n) is 16.6. The number of nitrogens with zero attached hydrogens (tertiary/aromatic N) is 6. The molecule has 3 aromatic heterocycles. The van der Waals surface area contributed by atoms with Crippen LogP contribution in [0, 0.1) is 10.4 Å². The fraction of sp³-hybridized carbons (Fsp3) is 0.267. The molecule has 0 saturated carbocycles. The van der Waals surface area contributed by atoms with Crippen molar-refractivity contribution in [1.29, 1.82) is 0 Å². The van der Waals surface area contributed by atoms with Gasteiger partial charge in [0.15, 0.2) is 5.69 Å². The maximum atomic E-state index is 12.0. The van der Waals surface area contributed by atoms with Gasteiger partial charge >= 0.3 is 5.97 Å². The smallest absolute Gasteiger partial charge is 0.357 e. The van der Waals surface area contributed by atoms with E-state index in [9.17, 15) is 4.79 Å². The Hall–Kier alpha value is -2.50. The van der Waals surface area contributed by atoms with Crippen LogP contribution in [-0.2, 0) is 18.8 Å². The van der Waals surface area contributed by atoms with Gasteiger partial charge in [-0.2, -0.15) is 5.10 Å². The molecule has 0 saturated heterocycles. The topological polar surface area (TPSA) is 114 Å². The molecule has 0 aliphatic heterocycles. The number of carbonyl (C=O) groups is 1. The van der Waals surface area contributed by atoms with Crippen LogP contribution in [0.3, 0.4) is 0 Å². The van der Waals surface area contributed by atoms with Crippen LogP contribution in [0.2, 0.25) is 0 Å². The summed E-state index contributed by atoms with van der Waals surface area (Å²) in [5, 5.41) is 11.9. The number of carbonyl (C=O) groups excluding carboxylic acids is 1. The lowest BCUT2D eigenvalue weighted by Crippen LogP contribution is -2.09. The van der Waals surface area contributed by atoms with Crippen LogP contribution >= 0.6 is 22.6 Å². The van der Waals surface area contributed by atoms with E-state index >= 15 is 0 Å². The van der Waals surface area contributed by atoms with E-state index in [1.54, 1.807) is 20.2 Å². The van der Waals surface area contributed by atoms with Gasteiger partial charge in [0.1, 0.15) is 11.4 Å². The molecule has 10 heteroatoms. The van der Waals surface area contributed by atoms with Gasteiger partial charge < -0.3 is 10.5 Å². The van der Waals surface area contributed by atoms with E-state index in [2.05, 4.69) is 20.4 Å². The maximum absolute atomic E-state index is 12.0. The molecule has 0 unspecified atom stereocenters. The van der Waals surface area contributed by atoms with Gasteiger partial charge in [0.2, 0.25) is 0 Å². The normalized spacial score (nSPS) is 13.2. The summed E-state index contributed by atoms with van der Waals surface area (Å²) in [6.45, 7) is -2.43. The van der Waals surface area contributed by atoms with Crippen molar-refractivity contribution in [2.75, 3.05) is 12.8 Å². The summed E-state index contributed by atoms with van der Waals surface area (Å²) in [7, 11) is 4.50. The average Bonchev–Trinajstić information content (AvgIpc) is 3.14. The predicted octanol–water partition coefficient (Wildman–Crippen LogP) is 1.56. The van der Waals surface area contributed by atoms with Crippen LogP contribution in [0.1, 0.15) is 20.3 Å². The summed E-state index contributed by atoms with van der Waals surface area (Å²) in [6.07, 6.45) is 1.47. The number of ether oxygens (including phenoxy) is 1. The summed E-state index contributed by atoms with van der Waals surface area (Å²) in [4.78, 5) is 16.3. The van der Waals surface area contributed by atoms with Crippen LogP contribution < -0.4 is 5.73 Å². The molecule has 9 nitrogen and oxygen atoms in total. The van der Waals surface area contributed by atoms with E-state index in [4.69, 9.17) is 14.6 Å². The number of anilines is 1. The number of nitrogens with two attached hydrogens (primary N) is 1. The van der Waals surface area contributed by atoms with Gasteiger partial charge in [0.05, 0.1) is 27.8 Å². The molecule has 0 aromatic carbocycles. The Morgan fingerprint density at radius 3 is 2.76 bits per heavy atom. The molecule has 3 rings (SSSR count). The summed E-state index contributed by atoms with van der Waals surface area (Å²) in [5.74, 6) is -0.524. The van der Waals surface area contributed by atoms with Gasteiger partial charge in [-0.1, -0.05) is 5.21 Å². The highest BCUT2D eigenvalue weighted by atomic mass is 127. The molecule has 2 N–H and O–H groups in total. The van der Waals surface area contributed by atoms with E-state index in [0.717, 1.165) is 0 Å². The first-order valence-electron chi connectivity index (χ1n) is 8.53. The number of aryl methyl sites for hydroxylation is 3. The van der Waals surface area contributed by atoms with E-state index in [0.29, 0.717) is 26.2 Å². The first kappa shape index (κ1) is 13.8. The molecule has 130 valence electrons. The second-order valence-corrected chi connectivity index (χ2v) is 6.28. The third kappa shape index (κ3) is 2.86. The van der Waals surface area contributed by atoms with Crippen molar-refractivity contribution in [2.24, 2.45) is 14.1 Å². The summed E-state index contributed by atoms with van der Waals surface area (Å²) in [6, 6.07) is 1.58. The van der Waals surface area contributed by atoms with Gasteiger partial charge in [0, 0.05) is 30.0 Å². The Labute approximate surface area is 161 Å². The number of rotatable bonds is 3. The number of methoxy groups -OCH3 is 1. The lowest BCUT2D eigenvalue weighted by Gasteiger charge is -2.07. The monoisotopic (exact) mass is 456 g/mol. The van der Waals surface area contributed by atoms with Crippen LogP contribution in [-0.4, -0.2) is 42.8 Å². The molecule has 3 heterocycles. The zero-order chi connectivity index (χ0) is 20.8. The molecule has 0 aliphatic rings. The fourth-order valence-corrected chi connectivity index (χ4v) is 3.39. The van der Waals surface area contributed by atoms with Gasteiger partial charge in [-0.3, -0.25) is 9.67 Å². The van der Waals surface area contributed by atoms with Crippen LogP contribution in [0.25, 0.3) is 22.6 Å². The molecule has 25 heavy (non-hydrogen) atoms. The Morgan fingerprint density at radius 2 is 2.12 bits per heavy atom. The Morgan fingerprint density at radius 1 is 1.36 bits per heavy atom. The largest absolute Gasteiger partial charge is 0.464 e. The van der Waals surface area contributed by atoms with E-state index in [1.165, 1.54) is 22.7 Å². The summed E-state index contributed by atoms with van der Waals surface area (Å²) >= 11 is 1.98. The number of hydrogen-bond acceptors (Lipinski definition) is 7. The van der Waals surface area contributed by atoms with Crippen LogP contribution in [0.4, 0.5) is 5.69 Å². The minimum absolute atomic E-state index is 0.135. The zero-order valence-corrected chi connectivity index (χ0v) is 15.8. The molecule has 0 amide bonds. The molecule has 0 aliphatic carbocycles. The van der Waals surface area contributed by atoms with Crippen molar-refractivity contribution >= 4 is 34.2 Å². The Bertz CT molecular complexity index is 1070. The molecule has 0 spiro atoms. The van der Waals surface area contributed by atoms with Gasteiger partial charge in [0.25, 0.3) is 0 Å². The Kier molecular flexibility index (Phi) is 3.53. The van der Waals surface area contributed by atoms with Crippen molar-refractivity contribution in [3.63, 3.8) is 0 Å². The molecule has 0 radical (unpaired) electrons.